The summed E-state index contributed by atoms with van der Waals surface area (Å²) in [6, 6.07) is 9.93. The highest BCUT2D eigenvalue weighted by molar-refractivity contribution is 5.92. The van der Waals surface area contributed by atoms with Crippen LogP contribution in [0.25, 0.3) is 0 Å². The predicted octanol–water partition coefficient (Wildman–Crippen LogP) is 3.38. The van der Waals surface area contributed by atoms with Crippen molar-refractivity contribution in [2.24, 2.45) is 16.6 Å². The lowest BCUT2D eigenvalue weighted by Crippen LogP contribution is -2.23. The minimum absolute atomic E-state index is 0.525. The van der Waals surface area contributed by atoms with E-state index < -0.39 is 0 Å². The van der Waals surface area contributed by atoms with Gasteiger partial charge in [0.2, 0.25) is 0 Å². The SMILES string of the molecule is NC(=NCCC1CCCCC1)Nc1ccccc1. The van der Waals surface area contributed by atoms with Gasteiger partial charge in [-0.1, -0.05) is 50.3 Å². The van der Waals surface area contributed by atoms with E-state index in [1.54, 1.807) is 0 Å². The molecule has 0 radical (unpaired) electrons. The summed E-state index contributed by atoms with van der Waals surface area (Å²) in [6.07, 6.45) is 8.13. The zero-order valence-corrected chi connectivity index (χ0v) is 10.9. The van der Waals surface area contributed by atoms with Crippen molar-refractivity contribution in [1.29, 1.82) is 0 Å². The normalized spacial score (nSPS) is 17.7. The van der Waals surface area contributed by atoms with Gasteiger partial charge in [-0.25, -0.2) is 0 Å². The van der Waals surface area contributed by atoms with Gasteiger partial charge in [-0.2, -0.15) is 0 Å². The van der Waals surface area contributed by atoms with Crippen molar-refractivity contribution >= 4 is 11.6 Å². The van der Waals surface area contributed by atoms with Crippen LogP contribution < -0.4 is 11.1 Å². The molecule has 2 rings (SSSR count). The molecule has 1 fully saturated rings. The van der Waals surface area contributed by atoms with E-state index in [4.69, 9.17) is 5.73 Å². The maximum Gasteiger partial charge on any atom is 0.193 e. The summed E-state index contributed by atoms with van der Waals surface area (Å²) in [5.41, 5.74) is 6.86. The van der Waals surface area contributed by atoms with Gasteiger partial charge in [0, 0.05) is 12.2 Å². The van der Waals surface area contributed by atoms with E-state index in [9.17, 15) is 0 Å². The lowest BCUT2D eigenvalue weighted by molar-refractivity contribution is 0.343. The molecule has 1 aromatic rings. The number of nitrogens with two attached hydrogens (primary N) is 1. The molecule has 0 aliphatic heterocycles. The first-order valence-electron chi connectivity index (χ1n) is 6.96. The van der Waals surface area contributed by atoms with Gasteiger partial charge in [-0.15, -0.1) is 0 Å². The lowest BCUT2D eigenvalue weighted by atomic mass is 9.87. The zero-order valence-electron chi connectivity index (χ0n) is 10.9. The minimum atomic E-state index is 0.525. The van der Waals surface area contributed by atoms with Crippen LogP contribution >= 0.6 is 0 Å². The third-order valence-corrected chi connectivity index (χ3v) is 3.59. The first-order chi connectivity index (χ1) is 8.84. The molecule has 98 valence electrons. The molecule has 0 spiro atoms. The van der Waals surface area contributed by atoms with Gasteiger partial charge in [0.15, 0.2) is 5.96 Å². The van der Waals surface area contributed by atoms with Crippen molar-refractivity contribution in [3.05, 3.63) is 30.3 Å². The molecule has 0 atom stereocenters. The van der Waals surface area contributed by atoms with Crippen LogP contribution in [0.5, 0.6) is 0 Å². The smallest absolute Gasteiger partial charge is 0.193 e. The zero-order chi connectivity index (χ0) is 12.6. The summed E-state index contributed by atoms with van der Waals surface area (Å²) in [5, 5.41) is 3.11. The van der Waals surface area contributed by atoms with E-state index in [1.807, 2.05) is 30.3 Å². The topological polar surface area (TPSA) is 50.4 Å². The van der Waals surface area contributed by atoms with Crippen molar-refractivity contribution in [1.82, 2.24) is 0 Å². The molecule has 1 aromatic carbocycles. The summed E-state index contributed by atoms with van der Waals surface area (Å²) in [4.78, 5) is 4.40. The highest BCUT2D eigenvalue weighted by atomic mass is 15.1. The molecule has 3 nitrogen and oxygen atoms in total. The largest absolute Gasteiger partial charge is 0.370 e. The fraction of sp³-hybridized carbons (Fsp3) is 0.533. The number of anilines is 1. The van der Waals surface area contributed by atoms with Crippen LogP contribution in [0.3, 0.4) is 0 Å². The van der Waals surface area contributed by atoms with Gasteiger partial charge in [0.05, 0.1) is 0 Å². The number of nitrogens with zero attached hydrogens (tertiary/aromatic N) is 1. The minimum Gasteiger partial charge on any atom is -0.370 e. The van der Waals surface area contributed by atoms with Crippen LogP contribution in [-0.2, 0) is 0 Å². The lowest BCUT2D eigenvalue weighted by Gasteiger charge is -2.20. The Morgan fingerprint density at radius 2 is 1.89 bits per heavy atom. The van der Waals surface area contributed by atoms with Gasteiger partial charge >= 0.3 is 0 Å². The Kier molecular flexibility index (Phi) is 5.06. The van der Waals surface area contributed by atoms with Gasteiger partial charge in [-0.05, 0) is 24.5 Å². The van der Waals surface area contributed by atoms with Crippen LogP contribution in [0, 0.1) is 5.92 Å². The molecule has 1 aliphatic rings. The predicted molar refractivity (Wildman–Crippen MR) is 77.7 cm³/mol. The standard InChI is InChI=1S/C15H23N3/c16-15(18-14-9-5-2-6-10-14)17-12-11-13-7-3-1-4-8-13/h2,5-6,9-10,13H,1,3-4,7-8,11-12H2,(H3,16,17,18). The number of aliphatic imine (C=N–C) groups is 1. The first-order valence-corrected chi connectivity index (χ1v) is 6.96. The molecule has 0 unspecified atom stereocenters. The molecule has 3 N–H and O–H groups in total. The summed E-state index contributed by atoms with van der Waals surface area (Å²) in [5.74, 6) is 1.39. The summed E-state index contributed by atoms with van der Waals surface area (Å²) in [6.45, 7) is 0.844. The van der Waals surface area contributed by atoms with Gasteiger partial charge in [0.25, 0.3) is 0 Å². The number of guanidine groups is 1. The quantitative estimate of drug-likeness (QED) is 0.631. The fourth-order valence-electron chi connectivity index (χ4n) is 2.55. The van der Waals surface area contributed by atoms with E-state index in [1.165, 1.54) is 38.5 Å². The molecular weight excluding hydrogens is 222 g/mol. The highest BCUT2D eigenvalue weighted by Gasteiger charge is 2.12. The third-order valence-electron chi connectivity index (χ3n) is 3.59. The molecule has 1 aliphatic carbocycles. The molecule has 0 aromatic heterocycles. The Labute approximate surface area is 109 Å². The highest BCUT2D eigenvalue weighted by Crippen LogP contribution is 2.26. The number of hydrogen-bond donors (Lipinski definition) is 2. The number of rotatable bonds is 4. The van der Waals surface area contributed by atoms with E-state index in [0.717, 1.165) is 18.2 Å². The Morgan fingerprint density at radius 1 is 1.17 bits per heavy atom. The molecule has 3 heteroatoms. The molecule has 18 heavy (non-hydrogen) atoms. The monoisotopic (exact) mass is 245 g/mol. The molecule has 1 saturated carbocycles. The van der Waals surface area contributed by atoms with Crippen molar-refractivity contribution in [3.63, 3.8) is 0 Å². The molecule has 0 saturated heterocycles. The average molecular weight is 245 g/mol. The molecule has 0 bridgehead atoms. The van der Waals surface area contributed by atoms with E-state index in [0.29, 0.717) is 5.96 Å². The van der Waals surface area contributed by atoms with Crippen LogP contribution in [0.1, 0.15) is 38.5 Å². The second kappa shape index (κ2) is 7.04. The van der Waals surface area contributed by atoms with Crippen LogP contribution in [-0.4, -0.2) is 12.5 Å². The van der Waals surface area contributed by atoms with Crippen LogP contribution in [0.4, 0.5) is 5.69 Å². The van der Waals surface area contributed by atoms with Crippen LogP contribution in [0.15, 0.2) is 35.3 Å². The fourth-order valence-corrected chi connectivity index (χ4v) is 2.55. The number of benzene rings is 1. The van der Waals surface area contributed by atoms with Crippen molar-refractivity contribution in [3.8, 4) is 0 Å². The van der Waals surface area contributed by atoms with Crippen molar-refractivity contribution in [2.75, 3.05) is 11.9 Å². The molecular formula is C15H23N3. The van der Waals surface area contributed by atoms with E-state index in [-0.39, 0.29) is 0 Å². The van der Waals surface area contributed by atoms with E-state index in [2.05, 4.69) is 10.3 Å². The number of para-hydroxylation sites is 1. The number of nitrogens with one attached hydrogen (secondary N) is 1. The summed E-state index contributed by atoms with van der Waals surface area (Å²) < 4.78 is 0. The first kappa shape index (κ1) is 12.9. The van der Waals surface area contributed by atoms with Gasteiger partial charge < -0.3 is 11.1 Å². The number of hydrogen-bond acceptors (Lipinski definition) is 1. The molecule has 0 heterocycles. The van der Waals surface area contributed by atoms with E-state index >= 15 is 0 Å². The summed E-state index contributed by atoms with van der Waals surface area (Å²) in [7, 11) is 0. The Morgan fingerprint density at radius 3 is 2.61 bits per heavy atom. The Bertz CT molecular complexity index is 367. The third kappa shape index (κ3) is 4.40. The second-order valence-electron chi connectivity index (χ2n) is 5.05. The van der Waals surface area contributed by atoms with Crippen molar-refractivity contribution < 1.29 is 0 Å². The maximum atomic E-state index is 5.86. The van der Waals surface area contributed by atoms with Crippen molar-refractivity contribution in [2.45, 2.75) is 38.5 Å². The molecule has 0 amide bonds. The maximum absolute atomic E-state index is 5.86. The van der Waals surface area contributed by atoms with Gasteiger partial charge in [0.1, 0.15) is 0 Å². The Hall–Kier alpha value is -1.51. The van der Waals surface area contributed by atoms with Crippen LogP contribution in [0.2, 0.25) is 0 Å². The second-order valence-corrected chi connectivity index (χ2v) is 5.05. The summed E-state index contributed by atoms with van der Waals surface area (Å²) >= 11 is 0. The average Bonchev–Trinajstić information content (AvgIpc) is 2.41. The Balaban J connectivity index is 1.71. The van der Waals surface area contributed by atoms with Gasteiger partial charge in [-0.3, -0.25) is 4.99 Å².